The van der Waals surface area contributed by atoms with E-state index in [4.69, 9.17) is 8.85 Å². The van der Waals surface area contributed by atoms with Crippen LogP contribution in [0.1, 0.15) is 29.4 Å². The predicted molar refractivity (Wildman–Crippen MR) is 47.1 cm³/mol. The van der Waals surface area contributed by atoms with E-state index in [1.807, 2.05) is 12.1 Å². The van der Waals surface area contributed by atoms with Gasteiger partial charge in [-0.15, -0.1) is 0 Å². The molecule has 0 aliphatic carbocycles. The number of ether oxygens (including phenoxy) is 1. The highest BCUT2D eigenvalue weighted by Gasteiger charge is 1.97. The molecular weight excluding hydrogens is 136 g/mol. The molecule has 0 unspecified atom stereocenters. The van der Waals surface area contributed by atoms with Crippen LogP contribution < -0.4 is 4.74 Å². The van der Waals surface area contributed by atoms with Crippen LogP contribution >= 0.6 is 0 Å². The summed E-state index contributed by atoms with van der Waals surface area (Å²) in [5, 5.41) is 0. The Morgan fingerprint density at radius 1 is 1.27 bits per heavy atom. The molecule has 0 aromatic heterocycles. The van der Waals surface area contributed by atoms with Crippen LogP contribution in [-0.2, 0) is 0 Å². The Balaban J connectivity index is 2.74. The Morgan fingerprint density at radius 2 is 1.91 bits per heavy atom. The first-order valence-electron chi connectivity index (χ1n) is 5.17. The average molecular weight is 153 g/mol. The van der Waals surface area contributed by atoms with Crippen molar-refractivity contribution in [1.82, 2.24) is 0 Å². The molecule has 1 heteroatoms. The summed E-state index contributed by atoms with van der Waals surface area (Å²) in [6.07, 6.45) is 0. The Labute approximate surface area is 72.2 Å². The van der Waals surface area contributed by atoms with Crippen molar-refractivity contribution in [3.8, 4) is 5.75 Å². The zero-order valence-corrected chi connectivity index (χ0v) is 6.79. The average Bonchev–Trinajstić information content (AvgIpc) is 2.02. The van der Waals surface area contributed by atoms with Crippen LogP contribution in [-0.4, -0.2) is 7.04 Å². The highest BCUT2D eigenvalue weighted by Crippen LogP contribution is 2.17. The van der Waals surface area contributed by atoms with Crippen molar-refractivity contribution in [3.05, 3.63) is 29.8 Å². The van der Waals surface area contributed by atoms with Crippen molar-refractivity contribution in [2.75, 3.05) is 7.04 Å². The lowest BCUT2D eigenvalue weighted by Gasteiger charge is -2.05. The SMILES string of the molecule is [2H]C([2H])([2H])Oc1ccc(C(C)C)cc1. The molecule has 0 heterocycles. The van der Waals surface area contributed by atoms with Crippen LogP contribution in [0.3, 0.4) is 0 Å². The molecule has 0 spiro atoms. The molecule has 0 radical (unpaired) electrons. The Bertz CT molecular complexity index is 287. The largest absolute Gasteiger partial charge is 0.497 e. The van der Waals surface area contributed by atoms with Crippen LogP contribution in [0.25, 0.3) is 0 Å². The van der Waals surface area contributed by atoms with E-state index < -0.39 is 7.04 Å². The van der Waals surface area contributed by atoms with Crippen molar-refractivity contribution >= 4 is 0 Å². The zero-order valence-electron chi connectivity index (χ0n) is 9.79. The second-order valence-electron chi connectivity index (χ2n) is 2.83. The third kappa shape index (κ3) is 1.97. The van der Waals surface area contributed by atoms with Crippen LogP contribution in [0.4, 0.5) is 0 Å². The van der Waals surface area contributed by atoms with Crippen molar-refractivity contribution in [2.45, 2.75) is 19.8 Å². The minimum atomic E-state index is -2.36. The Kier molecular flexibility index (Phi) is 1.50. The fraction of sp³-hybridized carbons (Fsp3) is 0.400. The quantitative estimate of drug-likeness (QED) is 0.634. The molecule has 1 aromatic carbocycles. The van der Waals surface area contributed by atoms with Gasteiger partial charge in [0.2, 0.25) is 0 Å². The Morgan fingerprint density at radius 3 is 2.36 bits per heavy atom. The summed E-state index contributed by atoms with van der Waals surface area (Å²) in [4.78, 5) is 0. The molecule has 0 amide bonds. The topological polar surface area (TPSA) is 9.23 Å². The molecule has 1 aromatic rings. The maximum absolute atomic E-state index is 6.92. The van der Waals surface area contributed by atoms with Crippen molar-refractivity contribution in [1.29, 1.82) is 0 Å². The molecular formula is C10H14O. The van der Waals surface area contributed by atoms with E-state index in [1.165, 1.54) is 5.56 Å². The van der Waals surface area contributed by atoms with Gasteiger partial charge in [-0.2, -0.15) is 0 Å². The summed E-state index contributed by atoms with van der Waals surface area (Å²) < 4.78 is 25.5. The predicted octanol–water partition coefficient (Wildman–Crippen LogP) is 2.82. The van der Waals surface area contributed by atoms with Gasteiger partial charge in [-0.05, 0) is 23.6 Å². The van der Waals surface area contributed by atoms with Crippen molar-refractivity contribution in [3.63, 3.8) is 0 Å². The molecule has 11 heavy (non-hydrogen) atoms. The van der Waals surface area contributed by atoms with Crippen molar-refractivity contribution in [2.24, 2.45) is 0 Å². The first-order valence-corrected chi connectivity index (χ1v) is 3.67. The molecule has 0 saturated heterocycles. The molecule has 0 aliphatic heterocycles. The van der Waals surface area contributed by atoms with Gasteiger partial charge in [0.1, 0.15) is 5.75 Å². The van der Waals surface area contributed by atoms with Gasteiger partial charge in [0, 0.05) is 0 Å². The van der Waals surface area contributed by atoms with E-state index >= 15 is 0 Å². The fourth-order valence-corrected chi connectivity index (χ4v) is 0.921. The smallest absolute Gasteiger partial charge is 0.118 e. The Hall–Kier alpha value is -0.980. The molecule has 0 bridgehead atoms. The van der Waals surface area contributed by atoms with Gasteiger partial charge in [-0.3, -0.25) is 0 Å². The van der Waals surface area contributed by atoms with Gasteiger partial charge < -0.3 is 4.74 Å². The monoisotopic (exact) mass is 153 g/mol. The van der Waals surface area contributed by atoms with E-state index in [2.05, 4.69) is 13.8 Å². The zero-order chi connectivity index (χ0) is 10.8. The molecule has 0 atom stereocenters. The summed E-state index contributed by atoms with van der Waals surface area (Å²) >= 11 is 0. The first kappa shape index (κ1) is 4.81. The summed E-state index contributed by atoms with van der Waals surface area (Å²) in [5.74, 6) is 0.825. The maximum atomic E-state index is 6.92. The molecule has 1 rings (SSSR count). The van der Waals surface area contributed by atoms with Crippen LogP contribution in [0, 0.1) is 0 Å². The van der Waals surface area contributed by atoms with E-state index in [9.17, 15) is 0 Å². The second kappa shape index (κ2) is 3.42. The standard InChI is InChI=1S/C10H14O/c1-8(2)9-4-6-10(11-3)7-5-9/h4-8H,1-3H3/i3D3. The van der Waals surface area contributed by atoms with Crippen molar-refractivity contribution < 1.29 is 8.85 Å². The summed E-state index contributed by atoms with van der Waals surface area (Å²) in [7, 11) is -2.36. The number of rotatable bonds is 2. The van der Waals surface area contributed by atoms with Gasteiger partial charge in [-0.1, -0.05) is 26.0 Å². The molecule has 0 saturated carbocycles. The lowest BCUT2D eigenvalue weighted by Crippen LogP contribution is -1.87. The maximum Gasteiger partial charge on any atom is 0.118 e. The number of hydrogen-bond acceptors (Lipinski definition) is 1. The third-order valence-electron chi connectivity index (χ3n) is 1.66. The van der Waals surface area contributed by atoms with Gasteiger partial charge in [0.05, 0.1) is 11.2 Å². The molecule has 60 valence electrons. The van der Waals surface area contributed by atoms with Crippen LogP contribution in [0.5, 0.6) is 5.75 Å². The highest BCUT2D eigenvalue weighted by molar-refractivity contribution is 5.28. The first-order chi connectivity index (χ1) is 6.38. The third-order valence-corrected chi connectivity index (χ3v) is 1.66. The van der Waals surface area contributed by atoms with Gasteiger partial charge in [0.25, 0.3) is 0 Å². The summed E-state index contributed by atoms with van der Waals surface area (Å²) in [6.45, 7) is 4.17. The second-order valence-corrected chi connectivity index (χ2v) is 2.83. The summed E-state index contributed by atoms with van der Waals surface area (Å²) in [6, 6.07) is 7.13. The van der Waals surface area contributed by atoms with E-state index in [0.29, 0.717) is 11.7 Å². The lowest BCUT2D eigenvalue weighted by molar-refractivity contribution is 0.414. The lowest BCUT2D eigenvalue weighted by atomic mass is 10.0. The fourth-order valence-electron chi connectivity index (χ4n) is 0.921. The van der Waals surface area contributed by atoms with E-state index in [0.717, 1.165) is 0 Å². The normalized spacial score (nSPS) is 15.4. The van der Waals surface area contributed by atoms with Gasteiger partial charge >= 0.3 is 0 Å². The number of methoxy groups -OCH3 is 1. The number of hydrogen-bond donors (Lipinski definition) is 0. The molecule has 1 nitrogen and oxygen atoms in total. The molecule has 0 fully saturated rings. The molecule has 0 aliphatic rings. The summed E-state index contributed by atoms with van der Waals surface area (Å²) in [5.41, 5.74) is 1.17. The van der Waals surface area contributed by atoms with Gasteiger partial charge in [0.15, 0.2) is 0 Å². The minimum Gasteiger partial charge on any atom is -0.497 e. The van der Waals surface area contributed by atoms with Crippen LogP contribution in [0.15, 0.2) is 24.3 Å². The van der Waals surface area contributed by atoms with E-state index in [-0.39, 0.29) is 0 Å². The minimum absolute atomic E-state index is 0.384. The molecule has 0 N–H and O–H groups in total. The van der Waals surface area contributed by atoms with Crippen LogP contribution in [0.2, 0.25) is 0 Å². The van der Waals surface area contributed by atoms with E-state index in [1.54, 1.807) is 12.1 Å². The highest BCUT2D eigenvalue weighted by atomic mass is 16.5. The van der Waals surface area contributed by atoms with Gasteiger partial charge in [-0.25, -0.2) is 0 Å². The number of benzene rings is 1.